The second-order valence-corrected chi connectivity index (χ2v) is 4.76. The van der Waals surface area contributed by atoms with Crippen molar-refractivity contribution in [2.75, 3.05) is 6.54 Å². The standard InChI is InChI=1S/C14H14N4O3/c19-13-5-1-2-7-18(13)16-14(20)12-8-11(17-21-12)10-4-3-6-15-9-10/h3-4,6,8-9H,1-2,5,7H2,(H,16,20). The number of piperidine rings is 1. The van der Waals surface area contributed by atoms with Crippen molar-refractivity contribution in [2.24, 2.45) is 0 Å². The van der Waals surface area contributed by atoms with Crippen LogP contribution in [0, 0.1) is 0 Å². The van der Waals surface area contributed by atoms with Crippen molar-refractivity contribution in [3.8, 4) is 11.3 Å². The molecule has 0 atom stereocenters. The number of hydrazine groups is 1. The second-order valence-electron chi connectivity index (χ2n) is 4.76. The predicted molar refractivity (Wildman–Crippen MR) is 72.8 cm³/mol. The summed E-state index contributed by atoms with van der Waals surface area (Å²) in [6, 6.07) is 5.12. The SMILES string of the molecule is O=C(NN1CCCCC1=O)c1cc(-c2cccnc2)no1. The number of nitrogens with zero attached hydrogens (tertiary/aromatic N) is 3. The molecule has 0 radical (unpaired) electrons. The number of carbonyl (C=O) groups is 2. The molecule has 2 aromatic rings. The highest BCUT2D eigenvalue weighted by atomic mass is 16.5. The number of carbonyl (C=O) groups excluding carboxylic acids is 2. The Labute approximate surface area is 120 Å². The van der Waals surface area contributed by atoms with Crippen LogP contribution in [0.15, 0.2) is 35.1 Å². The maximum atomic E-state index is 12.0. The number of pyridine rings is 1. The summed E-state index contributed by atoms with van der Waals surface area (Å²) in [6.07, 6.45) is 5.48. The molecule has 1 N–H and O–H groups in total. The fraction of sp³-hybridized carbons (Fsp3) is 0.286. The van der Waals surface area contributed by atoms with Crippen LogP contribution < -0.4 is 5.43 Å². The van der Waals surface area contributed by atoms with Gasteiger partial charge in [0.05, 0.1) is 0 Å². The number of aromatic nitrogens is 2. The van der Waals surface area contributed by atoms with Gasteiger partial charge in [-0.3, -0.25) is 25.0 Å². The average molecular weight is 286 g/mol. The predicted octanol–water partition coefficient (Wildman–Crippen LogP) is 1.39. The number of amides is 2. The van der Waals surface area contributed by atoms with Gasteiger partial charge in [-0.25, -0.2) is 0 Å². The van der Waals surface area contributed by atoms with Crippen LogP contribution in [-0.4, -0.2) is 33.5 Å². The fourth-order valence-electron chi connectivity index (χ4n) is 2.13. The van der Waals surface area contributed by atoms with Crippen molar-refractivity contribution in [2.45, 2.75) is 19.3 Å². The van der Waals surface area contributed by atoms with Crippen molar-refractivity contribution in [1.29, 1.82) is 0 Å². The molecule has 7 heteroatoms. The van der Waals surface area contributed by atoms with Gasteiger partial charge >= 0.3 is 5.91 Å². The Balaban J connectivity index is 1.71. The van der Waals surface area contributed by atoms with Crippen LogP contribution >= 0.6 is 0 Å². The average Bonchev–Trinajstić information content (AvgIpc) is 3.00. The van der Waals surface area contributed by atoms with Crippen molar-refractivity contribution in [3.63, 3.8) is 0 Å². The fourth-order valence-corrected chi connectivity index (χ4v) is 2.13. The monoisotopic (exact) mass is 286 g/mol. The third-order valence-electron chi connectivity index (χ3n) is 3.25. The van der Waals surface area contributed by atoms with E-state index >= 15 is 0 Å². The van der Waals surface area contributed by atoms with Gasteiger partial charge in [0.25, 0.3) is 0 Å². The molecule has 1 saturated heterocycles. The zero-order chi connectivity index (χ0) is 14.7. The van der Waals surface area contributed by atoms with Crippen LogP contribution in [0.3, 0.4) is 0 Å². The molecular weight excluding hydrogens is 272 g/mol. The highest BCUT2D eigenvalue weighted by molar-refractivity contribution is 5.93. The molecule has 7 nitrogen and oxygen atoms in total. The molecular formula is C14H14N4O3. The summed E-state index contributed by atoms with van der Waals surface area (Å²) in [4.78, 5) is 27.7. The topological polar surface area (TPSA) is 88.3 Å². The first-order chi connectivity index (χ1) is 10.2. The third-order valence-corrected chi connectivity index (χ3v) is 3.25. The quantitative estimate of drug-likeness (QED) is 0.921. The Hall–Kier alpha value is -2.70. The van der Waals surface area contributed by atoms with Gasteiger partial charge in [0.2, 0.25) is 11.7 Å². The van der Waals surface area contributed by atoms with Gasteiger partial charge in [-0.05, 0) is 25.0 Å². The van der Waals surface area contributed by atoms with Crippen LogP contribution in [-0.2, 0) is 4.79 Å². The van der Waals surface area contributed by atoms with E-state index in [1.165, 1.54) is 11.1 Å². The Morgan fingerprint density at radius 1 is 1.38 bits per heavy atom. The molecule has 21 heavy (non-hydrogen) atoms. The van der Waals surface area contributed by atoms with Crippen molar-refractivity contribution in [1.82, 2.24) is 20.6 Å². The van der Waals surface area contributed by atoms with E-state index in [0.717, 1.165) is 18.4 Å². The van der Waals surface area contributed by atoms with Gasteiger partial charge in [-0.2, -0.15) is 0 Å². The van der Waals surface area contributed by atoms with Crippen LogP contribution in [0.4, 0.5) is 0 Å². The molecule has 108 valence electrons. The molecule has 0 saturated carbocycles. The maximum Gasteiger partial charge on any atom is 0.308 e. The van der Waals surface area contributed by atoms with Crippen LogP contribution in [0.5, 0.6) is 0 Å². The first kappa shape index (κ1) is 13.3. The highest BCUT2D eigenvalue weighted by Gasteiger charge is 2.22. The van der Waals surface area contributed by atoms with E-state index in [4.69, 9.17) is 4.52 Å². The summed E-state index contributed by atoms with van der Waals surface area (Å²) in [5.41, 5.74) is 3.83. The van der Waals surface area contributed by atoms with Crippen LogP contribution in [0.1, 0.15) is 29.8 Å². The van der Waals surface area contributed by atoms with Crippen molar-refractivity contribution in [3.05, 3.63) is 36.4 Å². The Morgan fingerprint density at radius 3 is 3.05 bits per heavy atom. The molecule has 0 spiro atoms. The zero-order valence-corrected chi connectivity index (χ0v) is 11.3. The first-order valence-corrected chi connectivity index (χ1v) is 6.72. The third kappa shape index (κ3) is 2.91. The number of nitrogens with one attached hydrogen (secondary N) is 1. The summed E-state index contributed by atoms with van der Waals surface area (Å²) in [5, 5.41) is 5.17. The molecule has 0 unspecified atom stereocenters. The normalized spacial score (nSPS) is 15.0. The minimum atomic E-state index is -0.479. The molecule has 1 aliphatic heterocycles. The Bertz CT molecular complexity index is 653. The minimum Gasteiger partial charge on any atom is -0.350 e. The smallest absolute Gasteiger partial charge is 0.308 e. The minimum absolute atomic E-state index is 0.0622. The van der Waals surface area contributed by atoms with E-state index in [1.807, 2.05) is 6.07 Å². The molecule has 0 aliphatic carbocycles. The summed E-state index contributed by atoms with van der Waals surface area (Å²) < 4.78 is 5.03. The van der Waals surface area contributed by atoms with Crippen LogP contribution in [0.2, 0.25) is 0 Å². The van der Waals surface area contributed by atoms with Gasteiger partial charge in [-0.1, -0.05) is 5.16 Å². The number of hydrogen-bond donors (Lipinski definition) is 1. The summed E-state index contributed by atoms with van der Waals surface area (Å²) >= 11 is 0. The lowest BCUT2D eigenvalue weighted by Gasteiger charge is -2.26. The lowest BCUT2D eigenvalue weighted by atomic mass is 10.1. The Kier molecular flexibility index (Phi) is 3.63. The van der Waals surface area contributed by atoms with Crippen LogP contribution in [0.25, 0.3) is 11.3 Å². The van der Waals surface area contributed by atoms with E-state index in [0.29, 0.717) is 18.7 Å². The molecule has 0 aromatic carbocycles. The van der Waals surface area contributed by atoms with E-state index < -0.39 is 5.91 Å². The molecule has 1 fully saturated rings. The van der Waals surface area contributed by atoms with Crippen molar-refractivity contribution < 1.29 is 14.1 Å². The largest absolute Gasteiger partial charge is 0.350 e. The van der Waals surface area contributed by atoms with Gasteiger partial charge < -0.3 is 4.52 Å². The van der Waals surface area contributed by atoms with Gasteiger partial charge in [0.15, 0.2) is 0 Å². The summed E-state index contributed by atoms with van der Waals surface area (Å²) in [5.74, 6) is -0.498. The van der Waals surface area contributed by atoms with E-state index in [2.05, 4.69) is 15.6 Å². The van der Waals surface area contributed by atoms with Gasteiger partial charge in [-0.15, -0.1) is 0 Å². The number of hydrogen-bond acceptors (Lipinski definition) is 5. The molecule has 2 amide bonds. The molecule has 2 aromatic heterocycles. The van der Waals surface area contributed by atoms with Gasteiger partial charge in [0.1, 0.15) is 5.69 Å². The lowest BCUT2D eigenvalue weighted by molar-refractivity contribution is -0.135. The Morgan fingerprint density at radius 2 is 2.29 bits per heavy atom. The van der Waals surface area contributed by atoms with Crippen molar-refractivity contribution >= 4 is 11.8 Å². The molecule has 3 heterocycles. The molecule has 0 bridgehead atoms. The molecule has 1 aliphatic rings. The van der Waals surface area contributed by atoms with E-state index in [9.17, 15) is 9.59 Å². The lowest BCUT2D eigenvalue weighted by Crippen LogP contribution is -2.48. The second kappa shape index (κ2) is 5.74. The summed E-state index contributed by atoms with van der Waals surface area (Å²) in [7, 11) is 0. The van der Waals surface area contributed by atoms with Gasteiger partial charge in [0, 0.05) is 37.0 Å². The summed E-state index contributed by atoms with van der Waals surface area (Å²) in [6.45, 7) is 0.522. The zero-order valence-electron chi connectivity index (χ0n) is 11.3. The number of rotatable bonds is 3. The van der Waals surface area contributed by atoms with E-state index in [-0.39, 0.29) is 11.7 Å². The van der Waals surface area contributed by atoms with E-state index in [1.54, 1.807) is 18.5 Å². The highest BCUT2D eigenvalue weighted by Crippen LogP contribution is 2.18. The maximum absolute atomic E-state index is 12.0. The molecule has 3 rings (SSSR count). The first-order valence-electron chi connectivity index (χ1n) is 6.72.